The highest BCUT2D eigenvalue weighted by molar-refractivity contribution is 5.89. The molecule has 3 rings (SSSR count). The molecule has 0 aliphatic heterocycles. The van der Waals surface area contributed by atoms with E-state index in [2.05, 4.69) is 9.97 Å². The minimum absolute atomic E-state index is 0.0491. The molecule has 1 N–H and O–H groups in total. The van der Waals surface area contributed by atoms with Gasteiger partial charge in [0.2, 0.25) is 0 Å². The summed E-state index contributed by atoms with van der Waals surface area (Å²) in [7, 11) is 2.71. The SMILES string of the molecule is Cn1c(=O)c2c(-c3ccc([N+](=O)[O-])cc3)[nH]c(=O)nc2n(C)c1=O. The molecule has 122 valence electrons. The second-order valence-electron chi connectivity index (χ2n) is 5.13. The summed E-state index contributed by atoms with van der Waals surface area (Å²) in [4.78, 5) is 52.6. The minimum atomic E-state index is -0.737. The first kappa shape index (κ1) is 15.3. The van der Waals surface area contributed by atoms with Crippen molar-refractivity contribution >= 4 is 16.7 Å². The largest absolute Gasteiger partial charge is 0.347 e. The van der Waals surface area contributed by atoms with Gasteiger partial charge < -0.3 is 4.98 Å². The van der Waals surface area contributed by atoms with Crippen molar-refractivity contribution in [3.8, 4) is 11.3 Å². The van der Waals surface area contributed by atoms with Crippen LogP contribution in [0.2, 0.25) is 0 Å². The molecule has 0 amide bonds. The molecule has 2 aromatic heterocycles. The van der Waals surface area contributed by atoms with Gasteiger partial charge in [0.1, 0.15) is 5.39 Å². The number of aromatic amines is 1. The molecule has 0 fully saturated rings. The van der Waals surface area contributed by atoms with E-state index in [1.54, 1.807) is 0 Å². The summed E-state index contributed by atoms with van der Waals surface area (Å²) in [6.45, 7) is 0. The van der Waals surface area contributed by atoms with Crippen molar-refractivity contribution in [1.82, 2.24) is 19.1 Å². The van der Waals surface area contributed by atoms with Crippen LogP contribution in [0.15, 0.2) is 38.6 Å². The molecular weight excluding hydrogens is 318 g/mol. The Morgan fingerprint density at radius 2 is 1.71 bits per heavy atom. The lowest BCUT2D eigenvalue weighted by Crippen LogP contribution is -2.38. The van der Waals surface area contributed by atoms with Gasteiger partial charge in [-0.15, -0.1) is 0 Å². The van der Waals surface area contributed by atoms with Crippen molar-refractivity contribution in [2.45, 2.75) is 0 Å². The van der Waals surface area contributed by atoms with Gasteiger partial charge in [0.25, 0.3) is 11.2 Å². The van der Waals surface area contributed by atoms with E-state index in [0.29, 0.717) is 5.56 Å². The Bertz CT molecular complexity index is 1150. The first-order valence-corrected chi connectivity index (χ1v) is 6.76. The van der Waals surface area contributed by atoms with Crippen molar-refractivity contribution in [3.63, 3.8) is 0 Å². The van der Waals surface area contributed by atoms with Crippen LogP contribution in [0.25, 0.3) is 22.3 Å². The van der Waals surface area contributed by atoms with Gasteiger partial charge in [-0.1, -0.05) is 0 Å². The molecule has 1 aromatic carbocycles. The third-order valence-electron chi connectivity index (χ3n) is 3.69. The molecule has 3 aromatic rings. The van der Waals surface area contributed by atoms with Crippen LogP contribution in [-0.4, -0.2) is 24.0 Å². The van der Waals surface area contributed by atoms with E-state index in [-0.39, 0.29) is 22.4 Å². The molecule has 0 atom stereocenters. The summed E-state index contributed by atoms with van der Waals surface area (Å²) in [6.07, 6.45) is 0. The van der Waals surface area contributed by atoms with E-state index in [0.717, 1.165) is 9.13 Å². The molecule has 0 unspecified atom stereocenters. The molecule has 0 spiro atoms. The molecule has 0 saturated carbocycles. The molecule has 10 heteroatoms. The predicted octanol–water partition coefficient (Wildman–Crippen LogP) is -0.104. The highest BCUT2D eigenvalue weighted by atomic mass is 16.6. The highest BCUT2D eigenvalue weighted by Gasteiger charge is 2.17. The van der Waals surface area contributed by atoms with Crippen LogP contribution in [0.5, 0.6) is 0 Å². The van der Waals surface area contributed by atoms with E-state index < -0.39 is 21.9 Å². The quantitative estimate of drug-likeness (QED) is 0.515. The van der Waals surface area contributed by atoms with Gasteiger partial charge in [-0.25, -0.2) is 9.59 Å². The number of nitro benzene ring substituents is 1. The minimum Gasteiger partial charge on any atom is -0.304 e. The monoisotopic (exact) mass is 329 g/mol. The summed E-state index contributed by atoms with van der Waals surface area (Å²) in [5, 5.41) is 10.8. The Hall–Kier alpha value is -3.56. The summed E-state index contributed by atoms with van der Waals surface area (Å²) in [6, 6.07) is 5.33. The number of benzene rings is 1. The van der Waals surface area contributed by atoms with Gasteiger partial charge in [-0.2, -0.15) is 4.98 Å². The predicted molar refractivity (Wildman–Crippen MR) is 84.9 cm³/mol. The van der Waals surface area contributed by atoms with Crippen LogP contribution in [-0.2, 0) is 14.1 Å². The van der Waals surface area contributed by atoms with Gasteiger partial charge in [-0.05, 0) is 17.7 Å². The van der Waals surface area contributed by atoms with Gasteiger partial charge in [0.05, 0.1) is 10.6 Å². The van der Waals surface area contributed by atoms with Crippen LogP contribution >= 0.6 is 0 Å². The van der Waals surface area contributed by atoms with Crippen molar-refractivity contribution in [3.05, 3.63) is 65.7 Å². The molecule has 0 aliphatic rings. The number of H-pyrrole nitrogens is 1. The average molecular weight is 329 g/mol. The van der Waals surface area contributed by atoms with E-state index in [9.17, 15) is 24.5 Å². The van der Waals surface area contributed by atoms with E-state index in [4.69, 9.17) is 0 Å². The summed E-state index contributed by atoms with van der Waals surface area (Å²) < 4.78 is 2.00. The Kier molecular flexibility index (Phi) is 3.36. The average Bonchev–Trinajstić information content (AvgIpc) is 2.57. The Balaban J connectivity index is 2.44. The molecule has 2 heterocycles. The van der Waals surface area contributed by atoms with Crippen LogP contribution in [0.1, 0.15) is 0 Å². The zero-order valence-electron chi connectivity index (χ0n) is 12.6. The van der Waals surface area contributed by atoms with Crippen LogP contribution in [0.4, 0.5) is 5.69 Å². The summed E-state index contributed by atoms with van der Waals surface area (Å²) in [5.41, 5.74) is -1.61. The zero-order chi connectivity index (χ0) is 17.6. The van der Waals surface area contributed by atoms with Crippen molar-refractivity contribution < 1.29 is 4.92 Å². The number of rotatable bonds is 2. The molecular formula is C14H11N5O5. The van der Waals surface area contributed by atoms with Crippen LogP contribution in [0, 0.1) is 10.1 Å². The topological polar surface area (TPSA) is 133 Å². The second kappa shape index (κ2) is 5.26. The first-order valence-electron chi connectivity index (χ1n) is 6.76. The van der Waals surface area contributed by atoms with E-state index in [1.807, 2.05) is 0 Å². The maximum Gasteiger partial charge on any atom is 0.347 e. The smallest absolute Gasteiger partial charge is 0.304 e. The Morgan fingerprint density at radius 3 is 2.29 bits per heavy atom. The number of nitrogens with zero attached hydrogens (tertiary/aromatic N) is 4. The Labute approximate surface area is 132 Å². The molecule has 0 radical (unpaired) electrons. The first-order chi connectivity index (χ1) is 11.3. The van der Waals surface area contributed by atoms with Crippen molar-refractivity contribution in [2.75, 3.05) is 0 Å². The third kappa shape index (κ3) is 2.20. The molecule has 10 nitrogen and oxygen atoms in total. The summed E-state index contributed by atoms with van der Waals surface area (Å²) in [5.74, 6) is 0. The highest BCUT2D eigenvalue weighted by Crippen LogP contribution is 2.23. The van der Waals surface area contributed by atoms with Gasteiger partial charge in [0, 0.05) is 26.2 Å². The van der Waals surface area contributed by atoms with Crippen molar-refractivity contribution in [1.29, 1.82) is 0 Å². The lowest BCUT2D eigenvalue weighted by molar-refractivity contribution is -0.384. The van der Waals surface area contributed by atoms with Gasteiger partial charge >= 0.3 is 11.4 Å². The van der Waals surface area contributed by atoms with E-state index >= 15 is 0 Å². The molecule has 0 bridgehead atoms. The summed E-state index contributed by atoms with van der Waals surface area (Å²) >= 11 is 0. The maximum absolute atomic E-state index is 12.5. The van der Waals surface area contributed by atoms with E-state index in [1.165, 1.54) is 38.4 Å². The van der Waals surface area contributed by atoms with Crippen LogP contribution in [0.3, 0.4) is 0 Å². The fourth-order valence-corrected chi connectivity index (χ4v) is 2.44. The molecule has 0 saturated heterocycles. The number of hydrogen-bond donors (Lipinski definition) is 1. The molecule has 0 aliphatic carbocycles. The molecule has 24 heavy (non-hydrogen) atoms. The number of fused-ring (bicyclic) bond motifs is 1. The maximum atomic E-state index is 12.5. The standard InChI is InChI=1S/C14H11N5O5/c1-17-11-9(12(20)18(2)14(17)22)10(15-13(21)16-11)7-3-5-8(6-4-7)19(23)24/h3-6H,1-2H3,(H,15,16,21). The lowest BCUT2D eigenvalue weighted by atomic mass is 10.1. The van der Waals surface area contributed by atoms with Crippen molar-refractivity contribution in [2.24, 2.45) is 14.1 Å². The lowest BCUT2D eigenvalue weighted by Gasteiger charge is -2.09. The number of nitrogens with one attached hydrogen (secondary N) is 1. The third-order valence-corrected chi connectivity index (χ3v) is 3.69. The zero-order valence-corrected chi connectivity index (χ0v) is 12.6. The van der Waals surface area contributed by atoms with Gasteiger partial charge in [0.15, 0.2) is 5.65 Å². The number of aromatic nitrogens is 4. The normalized spacial score (nSPS) is 10.9. The number of hydrogen-bond acceptors (Lipinski definition) is 6. The number of nitro groups is 1. The Morgan fingerprint density at radius 1 is 1.08 bits per heavy atom. The fourth-order valence-electron chi connectivity index (χ4n) is 2.44. The van der Waals surface area contributed by atoms with Gasteiger partial charge in [-0.3, -0.25) is 24.0 Å². The number of non-ortho nitro benzene ring substituents is 1. The second-order valence-corrected chi connectivity index (χ2v) is 5.13. The fraction of sp³-hybridized carbons (Fsp3) is 0.143. The van der Waals surface area contributed by atoms with Crippen LogP contribution < -0.4 is 16.9 Å². The number of aryl methyl sites for hydroxylation is 1.